The Morgan fingerprint density at radius 1 is 1.35 bits per heavy atom. The van der Waals surface area contributed by atoms with Gasteiger partial charge in [-0.25, -0.2) is 0 Å². The summed E-state index contributed by atoms with van der Waals surface area (Å²) >= 11 is 3.60. The van der Waals surface area contributed by atoms with E-state index in [2.05, 4.69) is 64.4 Å². The van der Waals surface area contributed by atoms with Crippen LogP contribution in [0.5, 0.6) is 0 Å². The van der Waals surface area contributed by atoms with E-state index >= 15 is 0 Å². The summed E-state index contributed by atoms with van der Waals surface area (Å²) in [5.74, 6) is 0. The van der Waals surface area contributed by atoms with Gasteiger partial charge in [0.2, 0.25) is 0 Å². The molecule has 92 valence electrons. The minimum atomic E-state index is 0.986. The first kappa shape index (κ1) is 12.8. The third-order valence-corrected chi connectivity index (χ3v) is 3.96. The lowest BCUT2D eigenvalue weighted by Gasteiger charge is -2.25. The van der Waals surface area contributed by atoms with Crippen LogP contribution in [-0.4, -0.2) is 31.6 Å². The number of nitrogens with zero attached hydrogens (tertiary/aromatic N) is 1. The second-order valence-electron chi connectivity index (χ2n) is 4.75. The lowest BCUT2D eigenvalue weighted by Crippen LogP contribution is -2.36. The van der Waals surface area contributed by atoms with Crippen molar-refractivity contribution in [3.8, 4) is 0 Å². The van der Waals surface area contributed by atoms with E-state index in [1.807, 2.05) is 0 Å². The summed E-state index contributed by atoms with van der Waals surface area (Å²) in [6, 6.07) is 8.42. The number of benzene rings is 1. The van der Waals surface area contributed by atoms with Crippen LogP contribution in [0.1, 0.15) is 12.5 Å². The van der Waals surface area contributed by atoms with Gasteiger partial charge in [-0.3, -0.25) is 4.90 Å². The molecule has 1 aliphatic rings. The van der Waals surface area contributed by atoms with E-state index in [4.69, 9.17) is 0 Å². The predicted octanol–water partition coefficient (Wildman–Crippen LogP) is 2.80. The molecule has 2 rings (SSSR count). The van der Waals surface area contributed by atoms with Gasteiger partial charge in [-0.15, -0.1) is 0 Å². The molecule has 1 saturated heterocycles. The molecule has 3 heteroatoms. The smallest absolute Gasteiger partial charge is 0.0245 e. The van der Waals surface area contributed by atoms with Crippen molar-refractivity contribution < 1.29 is 0 Å². The fourth-order valence-corrected chi connectivity index (χ4v) is 2.45. The van der Waals surface area contributed by atoms with E-state index in [0.29, 0.717) is 0 Å². The Labute approximate surface area is 112 Å². The topological polar surface area (TPSA) is 15.3 Å². The molecule has 0 bridgehead atoms. The molecule has 17 heavy (non-hydrogen) atoms. The minimum absolute atomic E-state index is 0.986. The molecule has 0 amide bonds. The van der Waals surface area contributed by atoms with E-state index in [1.165, 1.54) is 15.6 Å². The molecule has 0 aliphatic carbocycles. The molecule has 1 aliphatic heterocycles. The number of hydrogen-bond donors (Lipinski definition) is 1. The van der Waals surface area contributed by atoms with Crippen LogP contribution >= 0.6 is 15.9 Å². The van der Waals surface area contributed by atoms with Gasteiger partial charge in [0.25, 0.3) is 0 Å². The number of nitrogens with one attached hydrogen (secondary N) is 1. The standard InChI is InChI=1S/C14H19BrN2/c1-11(13-7-16-8-13)9-17(2)10-12-5-3-4-6-14(12)15/h3-6,16H,7-10H2,1-2H3. The van der Waals surface area contributed by atoms with Crippen molar-refractivity contribution in [1.29, 1.82) is 0 Å². The van der Waals surface area contributed by atoms with Crippen LogP contribution in [0.15, 0.2) is 39.9 Å². The van der Waals surface area contributed by atoms with Crippen LogP contribution in [0.2, 0.25) is 0 Å². The Balaban J connectivity index is 1.93. The molecule has 1 heterocycles. The average molecular weight is 295 g/mol. The molecule has 0 spiro atoms. The highest BCUT2D eigenvalue weighted by Crippen LogP contribution is 2.18. The summed E-state index contributed by atoms with van der Waals surface area (Å²) in [7, 11) is 2.18. The molecule has 1 aromatic carbocycles. The summed E-state index contributed by atoms with van der Waals surface area (Å²) in [4.78, 5) is 2.36. The molecule has 0 saturated carbocycles. The van der Waals surface area contributed by atoms with E-state index < -0.39 is 0 Å². The second kappa shape index (κ2) is 5.80. The highest BCUT2D eigenvalue weighted by atomic mass is 79.9. The van der Waals surface area contributed by atoms with Gasteiger partial charge in [0.05, 0.1) is 0 Å². The summed E-state index contributed by atoms with van der Waals surface area (Å²) in [5.41, 5.74) is 4.43. The van der Waals surface area contributed by atoms with Gasteiger partial charge in [0.1, 0.15) is 0 Å². The largest absolute Gasteiger partial charge is 0.309 e. The molecule has 0 atom stereocenters. The van der Waals surface area contributed by atoms with Crippen molar-refractivity contribution in [3.63, 3.8) is 0 Å². The molecule has 1 N–H and O–H groups in total. The Hall–Kier alpha value is -0.640. The molecule has 0 radical (unpaired) electrons. The lowest BCUT2D eigenvalue weighted by molar-refractivity contribution is 0.351. The van der Waals surface area contributed by atoms with Crippen LogP contribution in [0.4, 0.5) is 0 Å². The molecule has 2 nitrogen and oxygen atoms in total. The van der Waals surface area contributed by atoms with E-state index in [-0.39, 0.29) is 0 Å². The van der Waals surface area contributed by atoms with Crippen molar-refractivity contribution >= 4 is 15.9 Å². The van der Waals surface area contributed by atoms with Crippen LogP contribution in [0.25, 0.3) is 0 Å². The van der Waals surface area contributed by atoms with E-state index in [0.717, 1.165) is 26.2 Å². The first-order chi connectivity index (χ1) is 8.16. The monoisotopic (exact) mass is 294 g/mol. The van der Waals surface area contributed by atoms with Crippen molar-refractivity contribution in [2.75, 3.05) is 26.7 Å². The number of rotatable bonds is 4. The molecular formula is C14H19BrN2. The third-order valence-electron chi connectivity index (χ3n) is 3.19. The van der Waals surface area contributed by atoms with Gasteiger partial charge in [0.15, 0.2) is 0 Å². The number of likely N-dealkylation sites (N-methyl/N-ethyl adjacent to an activating group) is 1. The van der Waals surface area contributed by atoms with Gasteiger partial charge >= 0.3 is 0 Å². The molecule has 0 aromatic heterocycles. The second-order valence-corrected chi connectivity index (χ2v) is 5.61. The van der Waals surface area contributed by atoms with Crippen LogP contribution in [0, 0.1) is 0 Å². The van der Waals surface area contributed by atoms with Crippen LogP contribution < -0.4 is 5.32 Å². The van der Waals surface area contributed by atoms with E-state index in [1.54, 1.807) is 5.57 Å². The maximum Gasteiger partial charge on any atom is 0.0245 e. The zero-order valence-corrected chi connectivity index (χ0v) is 12.0. The Morgan fingerprint density at radius 2 is 2.06 bits per heavy atom. The zero-order valence-electron chi connectivity index (χ0n) is 10.5. The first-order valence-corrected chi connectivity index (χ1v) is 6.76. The highest BCUT2D eigenvalue weighted by molar-refractivity contribution is 9.10. The molecule has 0 unspecified atom stereocenters. The first-order valence-electron chi connectivity index (χ1n) is 5.97. The van der Waals surface area contributed by atoms with Crippen molar-refractivity contribution in [1.82, 2.24) is 10.2 Å². The Morgan fingerprint density at radius 3 is 2.65 bits per heavy atom. The summed E-state index contributed by atoms with van der Waals surface area (Å²) in [6.07, 6.45) is 0. The zero-order chi connectivity index (χ0) is 12.3. The maximum atomic E-state index is 3.60. The minimum Gasteiger partial charge on any atom is -0.309 e. The third kappa shape index (κ3) is 3.41. The average Bonchev–Trinajstić information content (AvgIpc) is 2.18. The molecule has 1 fully saturated rings. The van der Waals surface area contributed by atoms with Crippen molar-refractivity contribution in [2.45, 2.75) is 13.5 Å². The number of halogens is 1. The van der Waals surface area contributed by atoms with Gasteiger partial charge in [-0.1, -0.05) is 39.7 Å². The highest BCUT2D eigenvalue weighted by Gasteiger charge is 2.12. The van der Waals surface area contributed by atoms with Gasteiger partial charge in [-0.05, 0) is 31.2 Å². The predicted molar refractivity (Wildman–Crippen MR) is 76.0 cm³/mol. The van der Waals surface area contributed by atoms with E-state index in [9.17, 15) is 0 Å². The lowest BCUT2D eigenvalue weighted by atomic mass is 10.0. The SMILES string of the molecule is CC(CN(C)Cc1ccccc1Br)=C1CNC1. The van der Waals surface area contributed by atoms with Crippen LogP contribution in [-0.2, 0) is 6.54 Å². The number of hydrogen-bond acceptors (Lipinski definition) is 2. The normalized spacial score (nSPS) is 14.9. The van der Waals surface area contributed by atoms with Crippen molar-refractivity contribution in [3.05, 3.63) is 45.4 Å². The van der Waals surface area contributed by atoms with Gasteiger partial charge in [0, 0.05) is 30.7 Å². The summed E-state index contributed by atoms with van der Waals surface area (Å²) in [5, 5.41) is 3.29. The molecular weight excluding hydrogens is 276 g/mol. The Kier molecular flexibility index (Phi) is 4.37. The van der Waals surface area contributed by atoms with Gasteiger partial charge < -0.3 is 5.32 Å². The summed E-state index contributed by atoms with van der Waals surface area (Å²) in [6.45, 7) is 6.44. The Bertz CT molecular complexity index is 420. The van der Waals surface area contributed by atoms with Gasteiger partial charge in [-0.2, -0.15) is 0 Å². The maximum absolute atomic E-state index is 3.60. The summed E-state index contributed by atoms with van der Waals surface area (Å²) < 4.78 is 1.20. The fraction of sp³-hybridized carbons (Fsp3) is 0.429. The van der Waals surface area contributed by atoms with Crippen LogP contribution in [0.3, 0.4) is 0 Å². The van der Waals surface area contributed by atoms with Crippen molar-refractivity contribution in [2.24, 2.45) is 0 Å². The quantitative estimate of drug-likeness (QED) is 0.859. The molecule has 1 aromatic rings. The fourth-order valence-electron chi connectivity index (χ4n) is 2.04.